The van der Waals surface area contributed by atoms with Crippen LogP contribution in [-0.2, 0) is 9.59 Å². The Kier molecular flexibility index (Phi) is 3.49. The van der Waals surface area contributed by atoms with Crippen LogP contribution in [0.4, 0.5) is 10.1 Å². The molecule has 1 aliphatic rings. The fraction of sp³-hybridized carbons (Fsp3) is 0.385. The summed E-state index contributed by atoms with van der Waals surface area (Å²) in [5.74, 6) is -0.935. The van der Waals surface area contributed by atoms with Gasteiger partial charge in [-0.05, 0) is 32.0 Å². The third kappa shape index (κ3) is 2.71. The van der Waals surface area contributed by atoms with Crippen LogP contribution in [0.5, 0.6) is 0 Å². The lowest BCUT2D eigenvalue weighted by Crippen LogP contribution is -2.53. The molecular formula is C13H14ClFN2O2. The molecule has 1 fully saturated rings. The fourth-order valence-corrected chi connectivity index (χ4v) is 2.32. The van der Waals surface area contributed by atoms with Gasteiger partial charge in [0.15, 0.2) is 0 Å². The number of hydrogen-bond donors (Lipinski definition) is 1. The third-order valence-electron chi connectivity index (χ3n) is 2.99. The van der Waals surface area contributed by atoms with Crippen molar-refractivity contribution in [2.75, 3.05) is 11.4 Å². The molecule has 0 atom stereocenters. The van der Waals surface area contributed by atoms with Crippen LogP contribution in [0.15, 0.2) is 18.2 Å². The van der Waals surface area contributed by atoms with E-state index in [1.54, 1.807) is 13.8 Å². The topological polar surface area (TPSA) is 49.4 Å². The molecule has 2 rings (SSSR count). The summed E-state index contributed by atoms with van der Waals surface area (Å²) in [5.41, 5.74) is -0.594. The highest BCUT2D eigenvalue weighted by Crippen LogP contribution is 2.29. The van der Waals surface area contributed by atoms with E-state index in [2.05, 4.69) is 5.32 Å². The number of rotatable bonds is 1. The summed E-state index contributed by atoms with van der Waals surface area (Å²) in [5, 5.41) is 2.80. The quantitative estimate of drug-likeness (QED) is 0.859. The van der Waals surface area contributed by atoms with Crippen molar-refractivity contribution in [2.45, 2.75) is 25.8 Å². The molecule has 1 aromatic rings. The minimum atomic E-state index is -1.01. The number of amides is 2. The zero-order valence-electron chi connectivity index (χ0n) is 10.7. The molecule has 19 heavy (non-hydrogen) atoms. The van der Waals surface area contributed by atoms with Crippen LogP contribution in [-0.4, -0.2) is 23.9 Å². The minimum Gasteiger partial charge on any atom is -0.342 e. The molecule has 0 aromatic heterocycles. The van der Waals surface area contributed by atoms with Gasteiger partial charge in [0, 0.05) is 13.0 Å². The van der Waals surface area contributed by atoms with Crippen LogP contribution in [0.1, 0.15) is 20.3 Å². The Bertz CT molecular complexity index is 545. The summed E-state index contributed by atoms with van der Waals surface area (Å²) in [7, 11) is 0. The molecule has 4 nitrogen and oxygen atoms in total. The van der Waals surface area contributed by atoms with E-state index < -0.39 is 11.4 Å². The van der Waals surface area contributed by atoms with Gasteiger partial charge in [0.05, 0.1) is 10.7 Å². The van der Waals surface area contributed by atoms with Crippen LogP contribution in [0.2, 0.25) is 5.02 Å². The SMILES string of the molecule is CC1(C)NC(=O)CCN(c2ccc(F)cc2Cl)C1=O. The number of nitrogens with zero attached hydrogens (tertiary/aromatic N) is 1. The van der Waals surface area contributed by atoms with E-state index in [9.17, 15) is 14.0 Å². The van der Waals surface area contributed by atoms with E-state index in [-0.39, 0.29) is 29.8 Å². The molecule has 102 valence electrons. The van der Waals surface area contributed by atoms with Crippen LogP contribution in [0.25, 0.3) is 0 Å². The average Bonchev–Trinajstić information content (AvgIpc) is 2.38. The Labute approximate surface area is 115 Å². The first-order valence-electron chi connectivity index (χ1n) is 5.89. The highest BCUT2D eigenvalue weighted by Gasteiger charge is 2.37. The predicted octanol–water partition coefficient (Wildman–Crippen LogP) is 2.11. The van der Waals surface area contributed by atoms with Gasteiger partial charge in [-0.25, -0.2) is 4.39 Å². The van der Waals surface area contributed by atoms with Crippen molar-refractivity contribution in [1.29, 1.82) is 0 Å². The highest BCUT2D eigenvalue weighted by molar-refractivity contribution is 6.34. The van der Waals surface area contributed by atoms with E-state index in [4.69, 9.17) is 11.6 Å². The van der Waals surface area contributed by atoms with Gasteiger partial charge in [-0.3, -0.25) is 9.59 Å². The van der Waals surface area contributed by atoms with Crippen LogP contribution < -0.4 is 10.2 Å². The summed E-state index contributed by atoms with van der Waals surface area (Å²) >= 11 is 5.97. The second-order valence-corrected chi connectivity index (χ2v) is 5.38. The lowest BCUT2D eigenvalue weighted by atomic mass is 10.0. The number of hydrogen-bond acceptors (Lipinski definition) is 2. The lowest BCUT2D eigenvalue weighted by Gasteiger charge is -2.29. The van der Waals surface area contributed by atoms with Crippen molar-refractivity contribution in [3.8, 4) is 0 Å². The van der Waals surface area contributed by atoms with E-state index in [0.717, 1.165) is 6.07 Å². The second-order valence-electron chi connectivity index (χ2n) is 4.98. The maximum Gasteiger partial charge on any atom is 0.252 e. The Morgan fingerprint density at radius 2 is 2.05 bits per heavy atom. The molecule has 1 N–H and O–H groups in total. The second kappa shape index (κ2) is 4.81. The Morgan fingerprint density at radius 3 is 2.68 bits per heavy atom. The fourth-order valence-electron chi connectivity index (χ4n) is 2.05. The van der Waals surface area contributed by atoms with Crippen molar-refractivity contribution >= 4 is 29.1 Å². The first kappa shape index (κ1) is 13.8. The van der Waals surface area contributed by atoms with Gasteiger partial charge < -0.3 is 10.2 Å². The summed E-state index contributed by atoms with van der Waals surface area (Å²) < 4.78 is 13.1. The molecular weight excluding hydrogens is 271 g/mol. The van der Waals surface area contributed by atoms with Crippen molar-refractivity contribution in [1.82, 2.24) is 5.32 Å². The first-order valence-corrected chi connectivity index (χ1v) is 6.27. The van der Waals surface area contributed by atoms with E-state index in [0.29, 0.717) is 5.69 Å². The van der Waals surface area contributed by atoms with E-state index in [1.807, 2.05) is 0 Å². The standard InChI is InChI=1S/C13H14ClFN2O2/c1-13(2)12(19)17(6-5-11(18)16-13)10-4-3-8(15)7-9(10)14/h3-4,7H,5-6H2,1-2H3,(H,16,18). The van der Waals surface area contributed by atoms with Gasteiger partial charge in [0.2, 0.25) is 5.91 Å². The molecule has 0 radical (unpaired) electrons. The highest BCUT2D eigenvalue weighted by atomic mass is 35.5. The van der Waals surface area contributed by atoms with Gasteiger partial charge in [-0.2, -0.15) is 0 Å². The molecule has 1 aromatic carbocycles. The summed E-state index contributed by atoms with van der Waals surface area (Å²) in [4.78, 5) is 25.4. The number of halogens is 2. The summed E-state index contributed by atoms with van der Waals surface area (Å²) in [6.07, 6.45) is 0.183. The van der Waals surface area contributed by atoms with Crippen molar-refractivity contribution in [3.63, 3.8) is 0 Å². The van der Waals surface area contributed by atoms with Crippen LogP contribution >= 0.6 is 11.6 Å². The summed E-state index contributed by atoms with van der Waals surface area (Å²) in [6, 6.07) is 3.83. The zero-order valence-corrected chi connectivity index (χ0v) is 11.4. The maximum atomic E-state index is 13.1. The summed E-state index contributed by atoms with van der Waals surface area (Å²) in [6.45, 7) is 3.48. The van der Waals surface area contributed by atoms with Gasteiger partial charge in [-0.15, -0.1) is 0 Å². The molecule has 0 spiro atoms. The third-order valence-corrected chi connectivity index (χ3v) is 3.30. The Balaban J connectivity index is 2.42. The van der Waals surface area contributed by atoms with E-state index >= 15 is 0 Å². The molecule has 0 bridgehead atoms. The monoisotopic (exact) mass is 284 g/mol. The molecule has 1 heterocycles. The van der Waals surface area contributed by atoms with Crippen LogP contribution in [0, 0.1) is 5.82 Å². The number of carbonyl (C=O) groups excluding carboxylic acids is 2. The van der Waals surface area contributed by atoms with Crippen LogP contribution in [0.3, 0.4) is 0 Å². The number of anilines is 1. The molecule has 6 heteroatoms. The van der Waals surface area contributed by atoms with Gasteiger partial charge >= 0.3 is 0 Å². The molecule has 2 amide bonds. The van der Waals surface area contributed by atoms with Gasteiger partial charge in [0.1, 0.15) is 11.4 Å². The molecule has 0 saturated carbocycles. The van der Waals surface area contributed by atoms with Crippen molar-refractivity contribution < 1.29 is 14.0 Å². The maximum absolute atomic E-state index is 13.1. The number of nitrogens with one attached hydrogen (secondary N) is 1. The smallest absolute Gasteiger partial charge is 0.252 e. The normalized spacial score (nSPS) is 19.1. The minimum absolute atomic E-state index is 0.151. The van der Waals surface area contributed by atoms with Gasteiger partial charge in [0.25, 0.3) is 5.91 Å². The number of carbonyl (C=O) groups is 2. The zero-order chi connectivity index (χ0) is 14.2. The number of benzene rings is 1. The largest absolute Gasteiger partial charge is 0.342 e. The molecule has 1 saturated heterocycles. The molecule has 0 unspecified atom stereocenters. The van der Waals surface area contributed by atoms with Gasteiger partial charge in [-0.1, -0.05) is 11.6 Å². The molecule has 1 aliphatic heterocycles. The average molecular weight is 285 g/mol. The Hall–Kier alpha value is -1.62. The predicted molar refractivity (Wildman–Crippen MR) is 70.6 cm³/mol. The first-order chi connectivity index (χ1) is 8.81. The van der Waals surface area contributed by atoms with E-state index in [1.165, 1.54) is 17.0 Å². The van der Waals surface area contributed by atoms with Crippen molar-refractivity contribution in [3.05, 3.63) is 29.0 Å². The van der Waals surface area contributed by atoms with Crippen molar-refractivity contribution in [2.24, 2.45) is 0 Å². The lowest BCUT2D eigenvalue weighted by molar-refractivity contribution is -0.128. The molecule has 0 aliphatic carbocycles. The Morgan fingerprint density at radius 1 is 1.37 bits per heavy atom.